The summed E-state index contributed by atoms with van der Waals surface area (Å²) in [4.78, 5) is 0. The molecule has 0 aromatic heterocycles. The topological polar surface area (TPSA) is 24.1 Å². The van der Waals surface area contributed by atoms with E-state index in [9.17, 15) is 0 Å². The molecule has 1 atom stereocenters. The monoisotopic (exact) mass is 156 g/mol. The Kier molecular flexibility index (Phi) is 3.87. The van der Waals surface area contributed by atoms with Crippen LogP contribution >= 0.6 is 0 Å². The van der Waals surface area contributed by atoms with Crippen molar-refractivity contribution < 1.29 is 0 Å². The maximum atomic E-state index is 3.56. The Morgan fingerprint density at radius 1 is 1.55 bits per heavy atom. The third-order valence-electron chi connectivity index (χ3n) is 2.11. The second-order valence-corrected chi connectivity index (χ2v) is 3.85. The molecular formula is C9H20N2. The summed E-state index contributed by atoms with van der Waals surface area (Å²) >= 11 is 0. The number of rotatable bonds is 3. The van der Waals surface area contributed by atoms with Crippen molar-refractivity contribution in [2.75, 3.05) is 19.6 Å². The van der Waals surface area contributed by atoms with Crippen molar-refractivity contribution in [2.24, 2.45) is 5.92 Å². The van der Waals surface area contributed by atoms with Gasteiger partial charge in [0.2, 0.25) is 0 Å². The first-order chi connectivity index (χ1) is 5.29. The molecule has 1 saturated heterocycles. The molecule has 1 fully saturated rings. The second kappa shape index (κ2) is 4.73. The van der Waals surface area contributed by atoms with Crippen LogP contribution in [0.3, 0.4) is 0 Å². The van der Waals surface area contributed by atoms with E-state index in [1.807, 2.05) is 0 Å². The predicted molar refractivity (Wildman–Crippen MR) is 48.7 cm³/mol. The van der Waals surface area contributed by atoms with E-state index < -0.39 is 0 Å². The van der Waals surface area contributed by atoms with Crippen LogP contribution in [-0.4, -0.2) is 25.7 Å². The first-order valence-corrected chi connectivity index (χ1v) is 4.73. The fourth-order valence-corrected chi connectivity index (χ4v) is 1.43. The Morgan fingerprint density at radius 3 is 2.91 bits per heavy atom. The second-order valence-electron chi connectivity index (χ2n) is 3.85. The Balaban J connectivity index is 2.05. The van der Waals surface area contributed by atoms with Gasteiger partial charge in [0, 0.05) is 12.6 Å². The van der Waals surface area contributed by atoms with Crippen LogP contribution in [0.1, 0.15) is 26.7 Å². The standard InChI is InChI=1S/C9H20N2/c1-8(2)6-11-9-4-3-5-10-7-9/h8-11H,3-7H2,1-2H3/t9-/m0/s1. The molecule has 1 aliphatic heterocycles. The Labute approximate surface area is 69.8 Å². The van der Waals surface area contributed by atoms with Crippen molar-refractivity contribution in [1.29, 1.82) is 0 Å². The quantitative estimate of drug-likeness (QED) is 0.636. The van der Waals surface area contributed by atoms with E-state index in [-0.39, 0.29) is 0 Å². The zero-order valence-corrected chi connectivity index (χ0v) is 7.69. The molecule has 0 aliphatic carbocycles. The number of hydrogen-bond donors (Lipinski definition) is 2. The summed E-state index contributed by atoms with van der Waals surface area (Å²) < 4.78 is 0. The van der Waals surface area contributed by atoms with Gasteiger partial charge in [0.1, 0.15) is 0 Å². The summed E-state index contributed by atoms with van der Waals surface area (Å²) in [5.41, 5.74) is 0. The third-order valence-corrected chi connectivity index (χ3v) is 2.11. The maximum Gasteiger partial charge on any atom is 0.0193 e. The molecule has 0 radical (unpaired) electrons. The van der Waals surface area contributed by atoms with Gasteiger partial charge in [-0.2, -0.15) is 0 Å². The molecule has 0 aromatic rings. The van der Waals surface area contributed by atoms with E-state index in [1.165, 1.54) is 19.4 Å². The lowest BCUT2D eigenvalue weighted by Crippen LogP contribution is -2.44. The average molecular weight is 156 g/mol. The van der Waals surface area contributed by atoms with E-state index in [2.05, 4.69) is 24.5 Å². The molecule has 66 valence electrons. The van der Waals surface area contributed by atoms with Crippen LogP contribution in [0.4, 0.5) is 0 Å². The van der Waals surface area contributed by atoms with Gasteiger partial charge in [-0.1, -0.05) is 13.8 Å². The lowest BCUT2D eigenvalue weighted by atomic mass is 10.1. The molecule has 2 N–H and O–H groups in total. The highest BCUT2D eigenvalue weighted by Crippen LogP contribution is 2.01. The predicted octanol–water partition coefficient (Wildman–Crippen LogP) is 0.984. The minimum atomic E-state index is 0.728. The molecule has 1 aliphatic rings. The number of nitrogens with one attached hydrogen (secondary N) is 2. The zero-order valence-electron chi connectivity index (χ0n) is 7.69. The third kappa shape index (κ3) is 3.73. The number of hydrogen-bond acceptors (Lipinski definition) is 2. The van der Waals surface area contributed by atoms with Gasteiger partial charge in [0.15, 0.2) is 0 Å². The minimum absolute atomic E-state index is 0.728. The van der Waals surface area contributed by atoms with Gasteiger partial charge in [0.05, 0.1) is 0 Å². The first kappa shape index (κ1) is 9.01. The van der Waals surface area contributed by atoms with E-state index in [1.54, 1.807) is 0 Å². The summed E-state index contributed by atoms with van der Waals surface area (Å²) in [6, 6.07) is 0.728. The molecular weight excluding hydrogens is 136 g/mol. The van der Waals surface area contributed by atoms with Gasteiger partial charge in [-0.25, -0.2) is 0 Å². The van der Waals surface area contributed by atoms with Crippen LogP contribution in [0.2, 0.25) is 0 Å². The average Bonchev–Trinajstić information content (AvgIpc) is 2.03. The summed E-state index contributed by atoms with van der Waals surface area (Å²) in [5, 5.41) is 6.95. The molecule has 2 heteroatoms. The Hall–Kier alpha value is -0.0800. The van der Waals surface area contributed by atoms with Crippen molar-refractivity contribution in [2.45, 2.75) is 32.7 Å². The van der Waals surface area contributed by atoms with Crippen molar-refractivity contribution in [3.8, 4) is 0 Å². The molecule has 0 unspecified atom stereocenters. The van der Waals surface area contributed by atoms with Gasteiger partial charge in [-0.3, -0.25) is 0 Å². The largest absolute Gasteiger partial charge is 0.315 e. The summed E-state index contributed by atoms with van der Waals surface area (Å²) in [5.74, 6) is 0.775. The molecule has 0 amide bonds. The molecule has 0 aromatic carbocycles. The highest BCUT2D eigenvalue weighted by atomic mass is 15.0. The summed E-state index contributed by atoms with van der Waals surface area (Å²) in [6.07, 6.45) is 2.68. The van der Waals surface area contributed by atoms with Crippen molar-refractivity contribution >= 4 is 0 Å². The molecule has 0 saturated carbocycles. The van der Waals surface area contributed by atoms with Crippen LogP contribution in [0.25, 0.3) is 0 Å². The Bertz CT molecular complexity index is 95.7. The van der Waals surface area contributed by atoms with Crippen LogP contribution in [-0.2, 0) is 0 Å². The molecule has 11 heavy (non-hydrogen) atoms. The fourth-order valence-electron chi connectivity index (χ4n) is 1.43. The molecule has 0 spiro atoms. The summed E-state index contributed by atoms with van der Waals surface area (Å²) in [7, 11) is 0. The lowest BCUT2D eigenvalue weighted by molar-refractivity contribution is 0.373. The van der Waals surface area contributed by atoms with Crippen LogP contribution in [0, 0.1) is 5.92 Å². The minimum Gasteiger partial charge on any atom is -0.315 e. The summed E-state index contributed by atoms with van der Waals surface area (Å²) in [6.45, 7) is 8.03. The lowest BCUT2D eigenvalue weighted by Gasteiger charge is -2.24. The van der Waals surface area contributed by atoms with E-state index in [0.29, 0.717) is 0 Å². The molecule has 1 rings (SSSR count). The van der Waals surface area contributed by atoms with Crippen molar-refractivity contribution in [3.63, 3.8) is 0 Å². The maximum absolute atomic E-state index is 3.56. The van der Waals surface area contributed by atoms with Gasteiger partial charge >= 0.3 is 0 Å². The number of piperidine rings is 1. The zero-order chi connectivity index (χ0) is 8.10. The highest BCUT2D eigenvalue weighted by Gasteiger charge is 2.11. The van der Waals surface area contributed by atoms with E-state index in [4.69, 9.17) is 0 Å². The van der Waals surface area contributed by atoms with Gasteiger partial charge in [-0.15, -0.1) is 0 Å². The van der Waals surface area contributed by atoms with Crippen LogP contribution in [0.5, 0.6) is 0 Å². The first-order valence-electron chi connectivity index (χ1n) is 4.73. The van der Waals surface area contributed by atoms with E-state index in [0.717, 1.165) is 25.0 Å². The van der Waals surface area contributed by atoms with E-state index >= 15 is 0 Å². The molecule has 2 nitrogen and oxygen atoms in total. The fraction of sp³-hybridized carbons (Fsp3) is 1.00. The van der Waals surface area contributed by atoms with Gasteiger partial charge in [0.25, 0.3) is 0 Å². The van der Waals surface area contributed by atoms with Gasteiger partial charge < -0.3 is 10.6 Å². The molecule has 0 bridgehead atoms. The smallest absolute Gasteiger partial charge is 0.0193 e. The molecule has 1 heterocycles. The van der Waals surface area contributed by atoms with Crippen LogP contribution < -0.4 is 10.6 Å². The Morgan fingerprint density at radius 2 is 2.36 bits per heavy atom. The van der Waals surface area contributed by atoms with Crippen molar-refractivity contribution in [3.05, 3.63) is 0 Å². The normalized spacial score (nSPS) is 25.9. The van der Waals surface area contributed by atoms with Crippen molar-refractivity contribution in [1.82, 2.24) is 10.6 Å². The van der Waals surface area contributed by atoms with Gasteiger partial charge in [-0.05, 0) is 31.8 Å². The SMILES string of the molecule is CC(C)CN[C@H]1CCCNC1. The highest BCUT2D eigenvalue weighted by molar-refractivity contribution is 4.74. The van der Waals surface area contributed by atoms with Crippen LogP contribution in [0.15, 0.2) is 0 Å².